The number of ether oxygens (including phenoxy) is 1. The van der Waals surface area contributed by atoms with E-state index in [-0.39, 0.29) is 16.8 Å². The van der Waals surface area contributed by atoms with Gasteiger partial charge in [0.1, 0.15) is 0 Å². The maximum Gasteiger partial charge on any atom is 0.306 e. The number of methoxy groups -OCH3 is 1. The smallest absolute Gasteiger partial charge is 0.306 e. The van der Waals surface area contributed by atoms with Gasteiger partial charge in [0.15, 0.2) is 0 Å². The molecule has 0 radical (unpaired) electrons. The Balaban J connectivity index is 2.54. The van der Waals surface area contributed by atoms with Gasteiger partial charge in [-0.2, -0.15) is 0 Å². The summed E-state index contributed by atoms with van der Waals surface area (Å²) in [7, 11) is 1.44. The summed E-state index contributed by atoms with van der Waals surface area (Å²) < 4.78 is 4.71. The first-order chi connectivity index (χ1) is 6.93. The van der Waals surface area contributed by atoms with Crippen LogP contribution in [0.5, 0.6) is 0 Å². The average Bonchev–Trinajstić information content (AvgIpc) is 2.23. The predicted octanol–water partition coefficient (Wildman–Crippen LogP) is 2.79. The first-order valence-electron chi connectivity index (χ1n) is 5.52. The molecule has 15 heavy (non-hydrogen) atoms. The highest BCUT2D eigenvalue weighted by Crippen LogP contribution is 2.46. The van der Waals surface area contributed by atoms with Crippen molar-refractivity contribution in [2.24, 2.45) is 10.8 Å². The molecule has 1 aliphatic rings. The number of carbonyl (C=O) groups is 1. The molecule has 0 unspecified atom stereocenters. The average molecular weight is 211 g/mol. The summed E-state index contributed by atoms with van der Waals surface area (Å²) in [5, 5.41) is 7.38. The number of hydrogen-bond acceptors (Lipinski definition) is 3. The maximum atomic E-state index is 11.2. The van der Waals surface area contributed by atoms with E-state index in [4.69, 9.17) is 10.1 Å². The lowest BCUT2D eigenvalue weighted by molar-refractivity contribution is -0.143. The Morgan fingerprint density at radius 3 is 2.27 bits per heavy atom. The van der Waals surface area contributed by atoms with E-state index in [1.807, 2.05) is 0 Å². The second-order valence-corrected chi connectivity index (χ2v) is 5.36. The lowest BCUT2D eigenvalue weighted by Gasteiger charge is -2.40. The minimum absolute atomic E-state index is 0.0512. The summed E-state index contributed by atoms with van der Waals surface area (Å²) in [6, 6.07) is 0. The molecule has 1 rings (SSSR count). The molecule has 0 aliphatic heterocycles. The van der Waals surface area contributed by atoms with Crippen molar-refractivity contribution >= 4 is 12.2 Å². The van der Waals surface area contributed by atoms with Gasteiger partial charge in [-0.3, -0.25) is 4.79 Å². The molecule has 0 amide bonds. The summed E-state index contributed by atoms with van der Waals surface area (Å²) >= 11 is 0. The second-order valence-electron chi connectivity index (χ2n) is 5.36. The SMILES string of the molecule is COC(=O)CC1(C)CCC(C)(C=N)CC1. The van der Waals surface area contributed by atoms with Crippen LogP contribution in [0.15, 0.2) is 0 Å². The van der Waals surface area contributed by atoms with Crippen LogP contribution >= 0.6 is 0 Å². The molecule has 0 aromatic rings. The van der Waals surface area contributed by atoms with Crippen molar-refractivity contribution in [2.45, 2.75) is 46.0 Å². The molecule has 1 aliphatic carbocycles. The molecule has 0 bridgehead atoms. The Morgan fingerprint density at radius 2 is 1.87 bits per heavy atom. The molecule has 0 saturated heterocycles. The fraction of sp³-hybridized carbons (Fsp3) is 0.833. The third-order valence-electron chi connectivity index (χ3n) is 3.75. The fourth-order valence-corrected chi connectivity index (χ4v) is 2.17. The number of hydrogen-bond donors (Lipinski definition) is 1. The van der Waals surface area contributed by atoms with E-state index in [2.05, 4.69) is 13.8 Å². The summed E-state index contributed by atoms with van der Waals surface area (Å²) in [4.78, 5) is 11.2. The van der Waals surface area contributed by atoms with E-state index in [9.17, 15) is 4.79 Å². The number of carbonyl (C=O) groups excluding carboxylic acids is 1. The number of esters is 1. The van der Waals surface area contributed by atoms with E-state index in [0.29, 0.717) is 6.42 Å². The van der Waals surface area contributed by atoms with E-state index in [1.165, 1.54) is 7.11 Å². The van der Waals surface area contributed by atoms with Gasteiger partial charge in [0.05, 0.1) is 13.5 Å². The highest BCUT2D eigenvalue weighted by Gasteiger charge is 2.37. The molecule has 3 nitrogen and oxygen atoms in total. The largest absolute Gasteiger partial charge is 0.469 e. The van der Waals surface area contributed by atoms with E-state index >= 15 is 0 Å². The number of nitrogens with one attached hydrogen (secondary N) is 1. The highest BCUT2D eigenvalue weighted by atomic mass is 16.5. The van der Waals surface area contributed by atoms with E-state index in [1.54, 1.807) is 6.21 Å². The number of rotatable bonds is 3. The van der Waals surface area contributed by atoms with E-state index < -0.39 is 0 Å². The van der Waals surface area contributed by atoms with Crippen molar-refractivity contribution in [3.05, 3.63) is 0 Å². The maximum absolute atomic E-state index is 11.2. The topological polar surface area (TPSA) is 50.2 Å². The van der Waals surface area contributed by atoms with Gasteiger partial charge in [0.2, 0.25) is 0 Å². The molecule has 0 aromatic carbocycles. The second kappa shape index (κ2) is 4.33. The van der Waals surface area contributed by atoms with Crippen LogP contribution in [0, 0.1) is 16.2 Å². The third-order valence-corrected chi connectivity index (χ3v) is 3.75. The zero-order valence-corrected chi connectivity index (χ0v) is 9.93. The van der Waals surface area contributed by atoms with Crippen molar-refractivity contribution in [2.75, 3.05) is 7.11 Å². The van der Waals surface area contributed by atoms with Crippen molar-refractivity contribution in [1.29, 1.82) is 5.41 Å². The van der Waals surface area contributed by atoms with Crippen molar-refractivity contribution in [1.82, 2.24) is 0 Å². The van der Waals surface area contributed by atoms with Crippen LogP contribution in [-0.2, 0) is 9.53 Å². The minimum Gasteiger partial charge on any atom is -0.469 e. The molecule has 0 atom stereocenters. The predicted molar refractivity (Wildman–Crippen MR) is 60.1 cm³/mol. The molecule has 3 heteroatoms. The van der Waals surface area contributed by atoms with Gasteiger partial charge in [0.25, 0.3) is 0 Å². The Bertz CT molecular complexity index is 252. The van der Waals surface area contributed by atoms with Crippen LogP contribution < -0.4 is 0 Å². The molecule has 86 valence electrons. The zero-order chi connectivity index (χ0) is 11.5. The van der Waals surface area contributed by atoms with Gasteiger partial charge in [-0.1, -0.05) is 13.8 Å². The van der Waals surface area contributed by atoms with Gasteiger partial charge in [-0.25, -0.2) is 0 Å². The monoisotopic (exact) mass is 211 g/mol. The molecule has 1 fully saturated rings. The van der Waals surface area contributed by atoms with Gasteiger partial charge in [-0.15, -0.1) is 0 Å². The van der Waals surface area contributed by atoms with Crippen LogP contribution in [0.2, 0.25) is 0 Å². The van der Waals surface area contributed by atoms with Crippen LogP contribution in [0.1, 0.15) is 46.0 Å². The van der Waals surface area contributed by atoms with Gasteiger partial charge in [-0.05, 0) is 31.1 Å². The van der Waals surface area contributed by atoms with Crippen LogP contribution in [0.25, 0.3) is 0 Å². The van der Waals surface area contributed by atoms with Crippen LogP contribution in [0.3, 0.4) is 0 Å². The van der Waals surface area contributed by atoms with E-state index in [0.717, 1.165) is 25.7 Å². The van der Waals surface area contributed by atoms with Gasteiger partial charge in [0, 0.05) is 11.6 Å². The molecular formula is C12H21NO2. The van der Waals surface area contributed by atoms with Crippen LogP contribution in [0.4, 0.5) is 0 Å². The van der Waals surface area contributed by atoms with Gasteiger partial charge < -0.3 is 10.1 Å². The summed E-state index contributed by atoms with van der Waals surface area (Å²) in [5.74, 6) is -0.115. The molecule has 1 saturated carbocycles. The molecule has 0 heterocycles. The highest BCUT2D eigenvalue weighted by molar-refractivity contribution is 5.70. The lowest BCUT2D eigenvalue weighted by Crippen LogP contribution is -2.33. The van der Waals surface area contributed by atoms with Crippen LogP contribution in [-0.4, -0.2) is 19.3 Å². The Hall–Kier alpha value is -0.860. The Kier molecular flexibility index (Phi) is 3.53. The summed E-state index contributed by atoms with van der Waals surface area (Å²) in [5.41, 5.74) is 0.130. The third kappa shape index (κ3) is 3.05. The summed E-state index contributed by atoms with van der Waals surface area (Å²) in [6.45, 7) is 4.27. The minimum atomic E-state index is -0.115. The lowest BCUT2D eigenvalue weighted by atomic mass is 9.64. The Labute approximate surface area is 91.7 Å². The normalized spacial score (nSPS) is 35.9. The molecule has 1 N–H and O–H groups in total. The molecule has 0 aromatic heterocycles. The van der Waals surface area contributed by atoms with Crippen molar-refractivity contribution in [3.63, 3.8) is 0 Å². The first kappa shape index (κ1) is 12.2. The van der Waals surface area contributed by atoms with Gasteiger partial charge >= 0.3 is 5.97 Å². The standard InChI is InChI=1S/C12H21NO2/c1-11(8-10(14)15-3)4-6-12(2,9-13)7-5-11/h9,13H,4-8H2,1-3H3. The molecular weight excluding hydrogens is 190 g/mol. The van der Waals surface area contributed by atoms with Crippen molar-refractivity contribution in [3.8, 4) is 0 Å². The first-order valence-corrected chi connectivity index (χ1v) is 5.52. The Morgan fingerprint density at radius 1 is 1.33 bits per heavy atom. The fourth-order valence-electron chi connectivity index (χ4n) is 2.17. The molecule has 0 spiro atoms. The van der Waals surface area contributed by atoms with Crippen molar-refractivity contribution < 1.29 is 9.53 Å². The zero-order valence-electron chi connectivity index (χ0n) is 9.93. The summed E-state index contributed by atoms with van der Waals surface area (Å²) in [6.07, 6.45) is 6.10. The quantitative estimate of drug-likeness (QED) is 0.576.